The molecule has 0 aliphatic heterocycles. The Morgan fingerprint density at radius 3 is 2.54 bits per heavy atom. The predicted molar refractivity (Wildman–Crippen MR) is 96.4 cm³/mol. The number of hydrogen-bond acceptors (Lipinski definition) is 5. The summed E-state index contributed by atoms with van der Waals surface area (Å²) in [5.74, 6) is -0.648. The summed E-state index contributed by atoms with van der Waals surface area (Å²) in [6.45, 7) is 1.90. The number of para-hydroxylation sites is 1. The van der Waals surface area contributed by atoms with Crippen LogP contribution in [0.25, 0.3) is 10.9 Å². The molecule has 1 heterocycles. The molecule has 0 unspecified atom stereocenters. The van der Waals surface area contributed by atoms with Crippen molar-refractivity contribution in [3.8, 4) is 0 Å². The molecule has 2 aromatic carbocycles. The molecule has 0 amide bonds. The van der Waals surface area contributed by atoms with Gasteiger partial charge in [0.1, 0.15) is 0 Å². The molecule has 134 valence electrons. The van der Waals surface area contributed by atoms with Crippen molar-refractivity contribution in [1.82, 2.24) is 9.19 Å². The summed E-state index contributed by atoms with van der Waals surface area (Å²) in [5, 5.41) is 5.16. The number of carbonyl (C=O) groups is 1. The van der Waals surface area contributed by atoms with Crippen molar-refractivity contribution in [2.45, 2.75) is 24.2 Å². The molecule has 0 saturated heterocycles. The highest BCUT2D eigenvalue weighted by atomic mass is 32.2. The quantitative estimate of drug-likeness (QED) is 0.660. The number of aryl methyl sites for hydroxylation is 1. The fraction of sp³-hybridized carbons (Fsp3) is 0.263. The average molecular weight is 370 g/mol. The molecule has 2 atom stereocenters. The van der Waals surface area contributed by atoms with Crippen molar-refractivity contribution in [2.75, 3.05) is 7.11 Å². The number of carbonyl (C=O) groups excluding carboxylic acids is 1. The van der Waals surface area contributed by atoms with Gasteiger partial charge >= 0.3 is 5.97 Å². The van der Waals surface area contributed by atoms with Crippen LogP contribution in [0.15, 0.2) is 53.4 Å². The SMILES string of the molecule is COC(=O)[C@@H]1C[C@H]1c1nn(S(=O)(=O)c2ccc(C)cc2)c2ccccc12. The van der Waals surface area contributed by atoms with Crippen molar-refractivity contribution in [3.63, 3.8) is 0 Å². The smallest absolute Gasteiger partial charge is 0.309 e. The molecule has 26 heavy (non-hydrogen) atoms. The van der Waals surface area contributed by atoms with Crippen LogP contribution in [0.4, 0.5) is 0 Å². The van der Waals surface area contributed by atoms with E-state index in [1.54, 1.807) is 36.4 Å². The molecule has 1 aliphatic rings. The highest BCUT2D eigenvalue weighted by Gasteiger charge is 2.47. The van der Waals surface area contributed by atoms with Gasteiger partial charge in [0.15, 0.2) is 0 Å². The first kappa shape index (κ1) is 16.8. The highest BCUT2D eigenvalue weighted by molar-refractivity contribution is 7.90. The van der Waals surface area contributed by atoms with Crippen LogP contribution >= 0.6 is 0 Å². The molecular formula is C19H18N2O4S. The molecule has 0 bridgehead atoms. The lowest BCUT2D eigenvalue weighted by Crippen LogP contribution is -2.15. The van der Waals surface area contributed by atoms with Gasteiger partial charge in [0, 0.05) is 11.3 Å². The van der Waals surface area contributed by atoms with Crippen LogP contribution in [0.5, 0.6) is 0 Å². The van der Waals surface area contributed by atoms with E-state index in [0.717, 1.165) is 15.0 Å². The predicted octanol–water partition coefficient (Wildman–Crippen LogP) is 2.86. The van der Waals surface area contributed by atoms with Gasteiger partial charge in [0.2, 0.25) is 0 Å². The molecule has 1 aliphatic carbocycles. The summed E-state index contributed by atoms with van der Waals surface area (Å²) in [6.07, 6.45) is 0.623. The van der Waals surface area contributed by atoms with Gasteiger partial charge in [0.25, 0.3) is 10.0 Å². The van der Waals surface area contributed by atoms with Crippen molar-refractivity contribution in [2.24, 2.45) is 5.92 Å². The number of aromatic nitrogens is 2. The largest absolute Gasteiger partial charge is 0.469 e. The number of methoxy groups -OCH3 is 1. The minimum absolute atomic E-state index is 0.109. The second-order valence-corrected chi connectivity index (χ2v) is 8.30. The fourth-order valence-electron chi connectivity index (χ4n) is 3.24. The molecule has 0 radical (unpaired) electrons. The number of esters is 1. The van der Waals surface area contributed by atoms with Crippen molar-refractivity contribution < 1.29 is 17.9 Å². The minimum atomic E-state index is -3.82. The summed E-state index contributed by atoms with van der Waals surface area (Å²) in [5.41, 5.74) is 2.12. The van der Waals surface area contributed by atoms with Crippen LogP contribution < -0.4 is 0 Å². The van der Waals surface area contributed by atoms with E-state index in [4.69, 9.17) is 4.74 Å². The molecular weight excluding hydrogens is 352 g/mol. The third kappa shape index (κ3) is 2.59. The standard InChI is InChI=1S/C19H18N2O4S/c1-12-7-9-13(10-8-12)26(23,24)21-17-6-4-3-5-14(17)18(20-21)15-11-16(15)19(22)25-2/h3-10,15-16H,11H2,1-2H3/t15-,16-/m1/s1. The van der Waals surface area contributed by atoms with Crippen molar-refractivity contribution in [1.29, 1.82) is 0 Å². The lowest BCUT2D eigenvalue weighted by molar-refractivity contribution is -0.142. The van der Waals surface area contributed by atoms with Crippen LogP contribution in [0.3, 0.4) is 0 Å². The van der Waals surface area contributed by atoms with E-state index < -0.39 is 10.0 Å². The van der Waals surface area contributed by atoms with Crippen LogP contribution in [-0.2, 0) is 19.6 Å². The van der Waals surface area contributed by atoms with Gasteiger partial charge in [-0.25, -0.2) is 0 Å². The molecule has 1 aromatic heterocycles. The Hall–Kier alpha value is -2.67. The first-order valence-electron chi connectivity index (χ1n) is 8.31. The molecule has 7 heteroatoms. The molecule has 6 nitrogen and oxygen atoms in total. The summed E-state index contributed by atoms with van der Waals surface area (Å²) in [4.78, 5) is 12.0. The van der Waals surface area contributed by atoms with E-state index in [0.29, 0.717) is 17.6 Å². The second-order valence-electron chi connectivity index (χ2n) is 6.54. The van der Waals surface area contributed by atoms with Gasteiger partial charge in [-0.15, -0.1) is 0 Å². The van der Waals surface area contributed by atoms with Gasteiger partial charge in [-0.2, -0.15) is 17.6 Å². The van der Waals surface area contributed by atoms with E-state index >= 15 is 0 Å². The summed E-state index contributed by atoms with van der Waals surface area (Å²) < 4.78 is 32.1. The van der Waals surface area contributed by atoms with Crippen LogP contribution in [-0.4, -0.2) is 30.7 Å². The maximum atomic E-state index is 13.1. The zero-order chi connectivity index (χ0) is 18.5. The topological polar surface area (TPSA) is 78.3 Å². The lowest BCUT2D eigenvalue weighted by atomic mass is 10.1. The Morgan fingerprint density at radius 1 is 1.15 bits per heavy atom. The van der Waals surface area contributed by atoms with E-state index in [9.17, 15) is 13.2 Å². The average Bonchev–Trinajstić information content (AvgIpc) is 3.34. The zero-order valence-electron chi connectivity index (χ0n) is 14.4. The Labute approximate surface area is 151 Å². The fourth-order valence-corrected chi connectivity index (χ4v) is 4.53. The summed E-state index contributed by atoms with van der Waals surface area (Å²) in [7, 11) is -2.46. The Kier molecular flexibility index (Phi) is 3.84. The maximum absolute atomic E-state index is 13.1. The van der Waals surface area contributed by atoms with E-state index in [-0.39, 0.29) is 22.7 Å². The zero-order valence-corrected chi connectivity index (χ0v) is 15.2. The Morgan fingerprint density at radius 2 is 1.85 bits per heavy atom. The van der Waals surface area contributed by atoms with E-state index in [1.165, 1.54) is 7.11 Å². The number of ether oxygens (including phenoxy) is 1. The maximum Gasteiger partial charge on any atom is 0.309 e. The van der Waals surface area contributed by atoms with Gasteiger partial charge < -0.3 is 4.74 Å². The third-order valence-corrected chi connectivity index (χ3v) is 6.38. The summed E-state index contributed by atoms with van der Waals surface area (Å²) >= 11 is 0. The van der Waals surface area contributed by atoms with Crippen molar-refractivity contribution >= 4 is 26.9 Å². The van der Waals surface area contributed by atoms with E-state index in [2.05, 4.69) is 5.10 Å². The molecule has 1 fully saturated rings. The Bertz CT molecular complexity index is 1100. The lowest BCUT2D eigenvalue weighted by Gasteiger charge is -2.06. The number of rotatable bonds is 4. The molecule has 1 saturated carbocycles. The number of hydrogen-bond donors (Lipinski definition) is 0. The second kappa shape index (κ2) is 5.95. The first-order chi connectivity index (χ1) is 12.4. The molecule has 0 N–H and O–H groups in total. The van der Waals surface area contributed by atoms with Crippen LogP contribution in [0.2, 0.25) is 0 Å². The van der Waals surface area contributed by atoms with Gasteiger partial charge in [-0.3, -0.25) is 4.79 Å². The molecule has 0 spiro atoms. The van der Waals surface area contributed by atoms with Crippen LogP contribution in [0, 0.1) is 12.8 Å². The van der Waals surface area contributed by atoms with Gasteiger partial charge in [-0.1, -0.05) is 35.9 Å². The Balaban J connectivity index is 1.84. The number of benzene rings is 2. The monoisotopic (exact) mass is 370 g/mol. The minimum Gasteiger partial charge on any atom is -0.469 e. The van der Waals surface area contributed by atoms with Gasteiger partial charge in [0.05, 0.1) is 29.1 Å². The first-order valence-corrected chi connectivity index (χ1v) is 9.75. The highest BCUT2D eigenvalue weighted by Crippen LogP contribution is 2.49. The number of fused-ring (bicyclic) bond motifs is 1. The normalized spacial score (nSPS) is 19.5. The molecule has 3 aromatic rings. The molecule has 4 rings (SSSR count). The van der Waals surface area contributed by atoms with Crippen LogP contribution in [0.1, 0.15) is 23.6 Å². The van der Waals surface area contributed by atoms with Gasteiger partial charge in [-0.05, 0) is 31.5 Å². The summed E-state index contributed by atoms with van der Waals surface area (Å²) in [6, 6.07) is 13.9. The van der Waals surface area contributed by atoms with E-state index in [1.807, 2.05) is 19.1 Å². The number of nitrogens with zero attached hydrogens (tertiary/aromatic N) is 2. The third-order valence-electron chi connectivity index (χ3n) is 4.78. The van der Waals surface area contributed by atoms with Crippen molar-refractivity contribution in [3.05, 3.63) is 59.8 Å².